The second-order valence-electron chi connectivity index (χ2n) is 2.60. The van der Waals surface area contributed by atoms with E-state index >= 15 is 0 Å². The summed E-state index contributed by atoms with van der Waals surface area (Å²) in [6.07, 6.45) is 0.396. The molecule has 0 radical (unpaired) electrons. The normalized spacial score (nSPS) is 10.4. The minimum atomic E-state index is -2.97. The van der Waals surface area contributed by atoms with Crippen LogP contribution >= 0.6 is 11.6 Å². The lowest BCUT2D eigenvalue weighted by Crippen LogP contribution is -2.06. The molecule has 5 heteroatoms. The first kappa shape index (κ1) is 10.9. The standard InChI is InChI=1S/C9H7ClF2O2/c1-5-2-3-7(10)6(4-13)8(5)14-9(11)12/h2-4,9H,1H3. The Morgan fingerprint density at radius 3 is 2.64 bits per heavy atom. The molecule has 76 valence electrons. The number of halogens is 3. The molecule has 0 N–H and O–H groups in total. The second-order valence-corrected chi connectivity index (χ2v) is 3.01. The number of alkyl halides is 2. The number of hydrogen-bond acceptors (Lipinski definition) is 2. The van der Waals surface area contributed by atoms with Gasteiger partial charge in [0, 0.05) is 0 Å². The zero-order valence-corrected chi connectivity index (χ0v) is 8.02. The van der Waals surface area contributed by atoms with Gasteiger partial charge in [0.25, 0.3) is 0 Å². The van der Waals surface area contributed by atoms with E-state index in [2.05, 4.69) is 4.74 Å². The molecule has 1 aromatic carbocycles. The van der Waals surface area contributed by atoms with E-state index < -0.39 is 6.61 Å². The molecule has 0 atom stereocenters. The summed E-state index contributed by atoms with van der Waals surface area (Å²) in [7, 11) is 0. The molecule has 0 aromatic heterocycles. The van der Waals surface area contributed by atoms with Crippen LogP contribution in [0.4, 0.5) is 8.78 Å². The van der Waals surface area contributed by atoms with Gasteiger partial charge in [-0.25, -0.2) is 0 Å². The molecule has 0 aliphatic heterocycles. The second kappa shape index (κ2) is 4.37. The van der Waals surface area contributed by atoms with Gasteiger partial charge in [0.1, 0.15) is 5.75 Å². The van der Waals surface area contributed by atoms with E-state index in [-0.39, 0.29) is 16.3 Å². The molecule has 0 aliphatic rings. The van der Waals surface area contributed by atoms with Crippen LogP contribution in [0.25, 0.3) is 0 Å². The van der Waals surface area contributed by atoms with Crippen molar-refractivity contribution in [1.29, 1.82) is 0 Å². The van der Waals surface area contributed by atoms with Gasteiger partial charge >= 0.3 is 6.61 Å². The third kappa shape index (κ3) is 2.20. The lowest BCUT2D eigenvalue weighted by Gasteiger charge is -2.10. The fourth-order valence-corrected chi connectivity index (χ4v) is 1.23. The zero-order chi connectivity index (χ0) is 10.7. The van der Waals surface area contributed by atoms with Crippen molar-refractivity contribution in [2.24, 2.45) is 0 Å². The van der Waals surface area contributed by atoms with Crippen molar-refractivity contribution < 1.29 is 18.3 Å². The minimum absolute atomic E-state index is 0.0491. The molecule has 0 spiro atoms. The highest BCUT2D eigenvalue weighted by Crippen LogP contribution is 2.29. The first-order valence-electron chi connectivity index (χ1n) is 3.75. The molecule has 0 heterocycles. The van der Waals surface area contributed by atoms with Crippen molar-refractivity contribution in [3.63, 3.8) is 0 Å². The van der Waals surface area contributed by atoms with Gasteiger partial charge in [-0.2, -0.15) is 8.78 Å². The summed E-state index contributed by atoms with van der Waals surface area (Å²) in [6.45, 7) is -1.41. The maximum Gasteiger partial charge on any atom is 0.387 e. The molecule has 1 rings (SSSR count). The van der Waals surface area contributed by atoms with Gasteiger partial charge in [-0.05, 0) is 18.6 Å². The van der Waals surface area contributed by atoms with Crippen molar-refractivity contribution in [2.45, 2.75) is 13.5 Å². The summed E-state index contributed by atoms with van der Waals surface area (Å²) in [5.41, 5.74) is 0.392. The number of aldehydes is 1. The fraction of sp³-hybridized carbons (Fsp3) is 0.222. The van der Waals surface area contributed by atoms with Crippen molar-refractivity contribution in [3.05, 3.63) is 28.3 Å². The summed E-state index contributed by atoms with van der Waals surface area (Å²) >= 11 is 5.63. The van der Waals surface area contributed by atoms with Gasteiger partial charge < -0.3 is 4.74 Å². The van der Waals surface area contributed by atoms with E-state index in [1.165, 1.54) is 12.1 Å². The number of carbonyl (C=O) groups excluding carboxylic acids is 1. The first-order valence-corrected chi connectivity index (χ1v) is 4.13. The van der Waals surface area contributed by atoms with Crippen molar-refractivity contribution in [2.75, 3.05) is 0 Å². The number of benzene rings is 1. The predicted octanol–water partition coefficient (Wildman–Crippen LogP) is 3.06. The maximum atomic E-state index is 12.0. The highest BCUT2D eigenvalue weighted by Gasteiger charge is 2.14. The molecule has 14 heavy (non-hydrogen) atoms. The first-order chi connectivity index (χ1) is 6.56. The van der Waals surface area contributed by atoms with Crippen LogP contribution in [0.3, 0.4) is 0 Å². The lowest BCUT2D eigenvalue weighted by molar-refractivity contribution is -0.0505. The van der Waals surface area contributed by atoms with E-state index in [1.54, 1.807) is 6.92 Å². The van der Waals surface area contributed by atoms with Crippen LogP contribution in [0.15, 0.2) is 12.1 Å². The Labute approximate surface area is 84.4 Å². The predicted molar refractivity (Wildman–Crippen MR) is 48.2 cm³/mol. The summed E-state index contributed by atoms with van der Waals surface area (Å²) in [5.74, 6) is -0.164. The number of hydrogen-bond donors (Lipinski definition) is 0. The minimum Gasteiger partial charge on any atom is -0.434 e. The number of ether oxygens (including phenoxy) is 1. The van der Waals surface area contributed by atoms with Gasteiger partial charge in [-0.3, -0.25) is 4.79 Å². The molecule has 0 unspecified atom stereocenters. The maximum absolute atomic E-state index is 12.0. The van der Waals surface area contributed by atoms with Crippen LogP contribution in [0.1, 0.15) is 15.9 Å². The molecular weight excluding hydrogens is 214 g/mol. The van der Waals surface area contributed by atoms with Crippen molar-refractivity contribution in [3.8, 4) is 5.75 Å². The Bertz CT molecular complexity index is 353. The van der Waals surface area contributed by atoms with E-state index in [9.17, 15) is 13.6 Å². The Hall–Kier alpha value is -1.16. The number of carbonyl (C=O) groups is 1. The van der Waals surface area contributed by atoms with Crippen LogP contribution in [0.5, 0.6) is 5.75 Å². The topological polar surface area (TPSA) is 26.3 Å². The number of rotatable bonds is 3. The molecule has 0 bridgehead atoms. The highest BCUT2D eigenvalue weighted by molar-refractivity contribution is 6.33. The van der Waals surface area contributed by atoms with Crippen LogP contribution in [-0.2, 0) is 0 Å². The Balaban J connectivity index is 3.22. The average Bonchev–Trinajstić information content (AvgIpc) is 2.11. The van der Waals surface area contributed by atoms with Crippen LogP contribution < -0.4 is 4.74 Å². The molecule has 0 aliphatic carbocycles. The molecule has 0 amide bonds. The van der Waals surface area contributed by atoms with Crippen molar-refractivity contribution >= 4 is 17.9 Å². The third-order valence-electron chi connectivity index (χ3n) is 1.66. The Morgan fingerprint density at radius 1 is 1.50 bits per heavy atom. The highest BCUT2D eigenvalue weighted by atomic mass is 35.5. The van der Waals surface area contributed by atoms with Gasteiger partial charge in [0.15, 0.2) is 6.29 Å². The smallest absolute Gasteiger partial charge is 0.387 e. The van der Waals surface area contributed by atoms with Gasteiger partial charge in [0.05, 0.1) is 10.6 Å². The summed E-state index contributed by atoms with van der Waals surface area (Å²) < 4.78 is 28.1. The monoisotopic (exact) mass is 220 g/mol. The Morgan fingerprint density at radius 2 is 2.14 bits per heavy atom. The summed E-state index contributed by atoms with van der Waals surface area (Å²) in [6, 6.07) is 2.96. The van der Waals surface area contributed by atoms with Crippen LogP contribution in [0, 0.1) is 6.92 Å². The largest absolute Gasteiger partial charge is 0.434 e. The molecule has 0 saturated heterocycles. The van der Waals surface area contributed by atoms with E-state index in [1.807, 2.05) is 0 Å². The zero-order valence-electron chi connectivity index (χ0n) is 7.26. The quantitative estimate of drug-likeness (QED) is 0.732. The molecule has 2 nitrogen and oxygen atoms in total. The fourth-order valence-electron chi connectivity index (χ4n) is 1.04. The Kier molecular flexibility index (Phi) is 3.41. The van der Waals surface area contributed by atoms with E-state index in [0.29, 0.717) is 11.8 Å². The third-order valence-corrected chi connectivity index (χ3v) is 1.99. The van der Waals surface area contributed by atoms with Gasteiger partial charge in [0.2, 0.25) is 0 Å². The summed E-state index contributed by atoms with van der Waals surface area (Å²) in [4.78, 5) is 10.6. The molecule has 0 fully saturated rings. The van der Waals surface area contributed by atoms with Crippen LogP contribution in [0.2, 0.25) is 5.02 Å². The van der Waals surface area contributed by atoms with E-state index in [4.69, 9.17) is 11.6 Å². The average molecular weight is 221 g/mol. The molecule has 1 aromatic rings. The van der Waals surface area contributed by atoms with Crippen molar-refractivity contribution in [1.82, 2.24) is 0 Å². The lowest BCUT2D eigenvalue weighted by atomic mass is 10.1. The molecule has 0 saturated carbocycles. The molecular formula is C9H7ClF2O2. The number of aryl methyl sites for hydroxylation is 1. The summed E-state index contributed by atoms with van der Waals surface area (Å²) in [5, 5.41) is 0.0984. The van der Waals surface area contributed by atoms with Gasteiger partial charge in [-0.15, -0.1) is 0 Å². The van der Waals surface area contributed by atoms with Gasteiger partial charge in [-0.1, -0.05) is 17.7 Å². The van der Waals surface area contributed by atoms with Crippen LogP contribution in [-0.4, -0.2) is 12.9 Å². The van der Waals surface area contributed by atoms with E-state index in [0.717, 1.165) is 0 Å². The SMILES string of the molecule is Cc1ccc(Cl)c(C=O)c1OC(F)F.